The van der Waals surface area contributed by atoms with Crippen LogP contribution in [0.5, 0.6) is 0 Å². The lowest BCUT2D eigenvalue weighted by atomic mass is 10.1. The Morgan fingerprint density at radius 3 is 3.00 bits per heavy atom. The lowest BCUT2D eigenvalue weighted by Crippen LogP contribution is -2.20. The van der Waals surface area contributed by atoms with Gasteiger partial charge in [-0.2, -0.15) is 0 Å². The van der Waals surface area contributed by atoms with Crippen LogP contribution in [0.15, 0.2) is 22.6 Å². The third-order valence-electron chi connectivity index (χ3n) is 1.61. The molecular formula is C8H11NOS. The molecule has 0 unspecified atom stereocenters. The lowest BCUT2D eigenvalue weighted by Gasteiger charge is -2.09. The lowest BCUT2D eigenvalue weighted by molar-refractivity contribution is -0.116. The smallest absolute Gasteiger partial charge is 0.251 e. The van der Waals surface area contributed by atoms with Crippen molar-refractivity contribution in [3.63, 3.8) is 0 Å². The molecule has 1 aliphatic carbocycles. The molecule has 0 heterocycles. The zero-order valence-electron chi connectivity index (χ0n) is 6.42. The van der Waals surface area contributed by atoms with Gasteiger partial charge in [-0.3, -0.25) is 4.79 Å². The molecule has 0 atom stereocenters. The van der Waals surface area contributed by atoms with Crippen molar-refractivity contribution >= 4 is 18.5 Å². The zero-order chi connectivity index (χ0) is 8.27. The van der Waals surface area contributed by atoms with Gasteiger partial charge in [0.2, 0.25) is 0 Å². The molecule has 1 aliphatic rings. The van der Waals surface area contributed by atoms with E-state index in [-0.39, 0.29) is 5.91 Å². The van der Waals surface area contributed by atoms with Crippen molar-refractivity contribution in [1.82, 2.24) is 5.32 Å². The highest BCUT2D eigenvalue weighted by atomic mass is 32.1. The van der Waals surface area contributed by atoms with E-state index in [1.807, 2.05) is 12.2 Å². The van der Waals surface area contributed by atoms with Gasteiger partial charge >= 0.3 is 0 Å². The summed E-state index contributed by atoms with van der Waals surface area (Å²) in [6.45, 7) is 0. The van der Waals surface area contributed by atoms with Crippen molar-refractivity contribution in [2.45, 2.75) is 12.8 Å². The minimum Gasteiger partial charge on any atom is -0.355 e. The number of allylic oxidation sites excluding steroid dienone is 2. The Morgan fingerprint density at radius 2 is 2.45 bits per heavy atom. The number of likely N-dealkylation sites (N-methyl/N-ethyl adjacent to an activating group) is 1. The Morgan fingerprint density at radius 1 is 1.73 bits per heavy atom. The monoisotopic (exact) mass is 169 g/mol. The summed E-state index contributed by atoms with van der Waals surface area (Å²) in [6.07, 6.45) is 5.68. The molecule has 0 saturated heterocycles. The summed E-state index contributed by atoms with van der Waals surface area (Å²) in [6, 6.07) is 0. The first-order chi connectivity index (χ1) is 5.25. The second-order valence-electron chi connectivity index (χ2n) is 2.38. The van der Waals surface area contributed by atoms with Crippen molar-refractivity contribution in [3.8, 4) is 0 Å². The highest BCUT2D eigenvalue weighted by Crippen LogP contribution is 2.21. The molecule has 3 heteroatoms. The van der Waals surface area contributed by atoms with E-state index in [2.05, 4.69) is 17.9 Å². The van der Waals surface area contributed by atoms with E-state index >= 15 is 0 Å². The summed E-state index contributed by atoms with van der Waals surface area (Å²) in [7, 11) is 1.62. The number of hydrogen-bond donors (Lipinski definition) is 2. The fourth-order valence-corrected chi connectivity index (χ4v) is 1.30. The molecule has 60 valence electrons. The second-order valence-corrected chi connectivity index (χ2v) is 2.92. The first-order valence-corrected chi connectivity index (χ1v) is 4.01. The van der Waals surface area contributed by atoms with Crippen molar-refractivity contribution in [2.75, 3.05) is 7.05 Å². The summed E-state index contributed by atoms with van der Waals surface area (Å²) in [5, 5.41) is 2.57. The molecule has 1 amide bonds. The summed E-state index contributed by atoms with van der Waals surface area (Å²) >= 11 is 4.22. The van der Waals surface area contributed by atoms with Crippen LogP contribution in [0.4, 0.5) is 0 Å². The molecule has 0 radical (unpaired) electrons. The second kappa shape index (κ2) is 3.62. The molecule has 0 aromatic heterocycles. The van der Waals surface area contributed by atoms with E-state index < -0.39 is 0 Å². The van der Waals surface area contributed by atoms with Gasteiger partial charge < -0.3 is 5.32 Å². The number of hydrogen-bond acceptors (Lipinski definition) is 2. The maximum absolute atomic E-state index is 11.1. The van der Waals surface area contributed by atoms with E-state index in [1.54, 1.807) is 7.05 Å². The van der Waals surface area contributed by atoms with Gasteiger partial charge in [-0.05, 0) is 17.7 Å². The van der Waals surface area contributed by atoms with Crippen LogP contribution in [-0.2, 0) is 4.79 Å². The van der Waals surface area contributed by atoms with Crippen molar-refractivity contribution in [1.29, 1.82) is 0 Å². The molecular weight excluding hydrogens is 158 g/mol. The fraction of sp³-hybridized carbons (Fsp3) is 0.375. The number of amides is 1. The Labute approximate surface area is 71.8 Å². The number of thiol groups is 1. The Hall–Kier alpha value is -0.700. The van der Waals surface area contributed by atoms with Gasteiger partial charge in [-0.15, -0.1) is 12.6 Å². The van der Waals surface area contributed by atoms with Gasteiger partial charge in [0.1, 0.15) is 0 Å². The van der Waals surface area contributed by atoms with Crippen LogP contribution >= 0.6 is 12.6 Å². The van der Waals surface area contributed by atoms with E-state index in [4.69, 9.17) is 0 Å². The SMILES string of the molecule is CNC(=O)C1=C(S)CCC=C1. The van der Waals surface area contributed by atoms with Gasteiger partial charge in [-0.1, -0.05) is 12.2 Å². The maximum atomic E-state index is 11.1. The molecule has 2 nitrogen and oxygen atoms in total. The first kappa shape index (κ1) is 8.40. The molecule has 0 spiro atoms. The minimum atomic E-state index is -0.0500. The van der Waals surface area contributed by atoms with Crippen molar-refractivity contribution in [2.24, 2.45) is 0 Å². The van der Waals surface area contributed by atoms with E-state index in [9.17, 15) is 4.79 Å². The van der Waals surface area contributed by atoms with E-state index in [1.165, 1.54) is 0 Å². The van der Waals surface area contributed by atoms with Crippen molar-refractivity contribution < 1.29 is 4.79 Å². The zero-order valence-corrected chi connectivity index (χ0v) is 7.32. The summed E-state index contributed by atoms with van der Waals surface area (Å²) in [4.78, 5) is 12.0. The van der Waals surface area contributed by atoms with Crippen LogP contribution in [0.1, 0.15) is 12.8 Å². The van der Waals surface area contributed by atoms with E-state index in [0.717, 1.165) is 17.7 Å². The predicted octanol–water partition coefficient (Wildman–Crippen LogP) is 1.27. The number of rotatable bonds is 1. The average Bonchev–Trinajstić information content (AvgIpc) is 2.04. The Kier molecular flexibility index (Phi) is 2.76. The molecule has 0 aromatic carbocycles. The highest BCUT2D eigenvalue weighted by Gasteiger charge is 2.10. The van der Waals surface area contributed by atoms with Crippen LogP contribution in [0.3, 0.4) is 0 Å². The third kappa shape index (κ3) is 1.87. The first-order valence-electron chi connectivity index (χ1n) is 3.56. The summed E-state index contributed by atoms with van der Waals surface area (Å²) in [5.41, 5.74) is 0.696. The average molecular weight is 169 g/mol. The quantitative estimate of drug-likeness (QED) is 0.569. The summed E-state index contributed by atoms with van der Waals surface area (Å²) in [5.74, 6) is -0.0500. The fourth-order valence-electron chi connectivity index (χ4n) is 0.994. The molecule has 0 saturated carbocycles. The molecule has 1 N–H and O–H groups in total. The van der Waals surface area contributed by atoms with Gasteiger partial charge in [0.15, 0.2) is 0 Å². The van der Waals surface area contributed by atoms with Crippen molar-refractivity contribution in [3.05, 3.63) is 22.6 Å². The van der Waals surface area contributed by atoms with Crippen LogP contribution in [0.25, 0.3) is 0 Å². The molecule has 0 aromatic rings. The van der Waals surface area contributed by atoms with Crippen LogP contribution in [-0.4, -0.2) is 13.0 Å². The number of carbonyl (C=O) groups is 1. The molecule has 1 rings (SSSR count). The highest BCUT2D eigenvalue weighted by molar-refractivity contribution is 7.84. The molecule has 11 heavy (non-hydrogen) atoms. The topological polar surface area (TPSA) is 29.1 Å². The Balaban J connectivity index is 2.83. The van der Waals surface area contributed by atoms with Gasteiger partial charge in [0.25, 0.3) is 5.91 Å². The summed E-state index contributed by atoms with van der Waals surface area (Å²) < 4.78 is 0. The van der Waals surface area contributed by atoms with Gasteiger partial charge in [0, 0.05) is 12.6 Å². The standard InChI is InChI=1S/C8H11NOS/c1-9-8(10)6-4-2-3-5-7(6)11/h2,4,11H,3,5H2,1H3,(H,9,10). The number of carbonyl (C=O) groups excluding carboxylic acids is 1. The van der Waals surface area contributed by atoms with E-state index in [0.29, 0.717) is 5.57 Å². The molecule has 0 bridgehead atoms. The third-order valence-corrected chi connectivity index (χ3v) is 2.08. The van der Waals surface area contributed by atoms with Gasteiger partial charge in [0.05, 0.1) is 0 Å². The van der Waals surface area contributed by atoms with Gasteiger partial charge in [-0.25, -0.2) is 0 Å². The normalized spacial score (nSPS) is 16.9. The Bertz CT molecular complexity index is 230. The van der Waals surface area contributed by atoms with Crippen LogP contribution in [0, 0.1) is 0 Å². The molecule has 0 fully saturated rings. The molecule has 0 aliphatic heterocycles. The predicted molar refractivity (Wildman–Crippen MR) is 48.5 cm³/mol. The largest absolute Gasteiger partial charge is 0.355 e. The van der Waals surface area contributed by atoms with Crippen LogP contribution in [0.2, 0.25) is 0 Å². The minimum absolute atomic E-state index is 0.0500. The number of nitrogens with one attached hydrogen (secondary N) is 1. The maximum Gasteiger partial charge on any atom is 0.251 e. The van der Waals surface area contributed by atoms with Crippen LogP contribution < -0.4 is 5.32 Å².